The fourth-order valence-corrected chi connectivity index (χ4v) is 3.79. The van der Waals surface area contributed by atoms with Gasteiger partial charge < -0.3 is 30.2 Å². The van der Waals surface area contributed by atoms with Gasteiger partial charge in [0, 0.05) is 13.0 Å². The molecule has 10 nitrogen and oxygen atoms in total. The highest BCUT2D eigenvalue weighted by atomic mass is 16.6. The summed E-state index contributed by atoms with van der Waals surface area (Å²) in [6, 6.07) is 5.54. The van der Waals surface area contributed by atoms with Gasteiger partial charge in [-0.15, -0.1) is 0 Å². The maximum absolute atomic E-state index is 13.0. The first kappa shape index (κ1) is 36.9. The molecule has 10 heteroatoms. The van der Waals surface area contributed by atoms with Crippen LogP contribution in [-0.4, -0.2) is 59.4 Å². The molecule has 2 atom stereocenters. The van der Waals surface area contributed by atoms with E-state index in [0.717, 1.165) is 19.5 Å². The molecule has 0 bridgehead atoms. The summed E-state index contributed by atoms with van der Waals surface area (Å²) < 4.78 is 16.3. The number of aryl methyl sites for hydroxylation is 1. The summed E-state index contributed by atoms with van der Waals surface area (Å²) in [5, 5.41) is 8.64. The molecular formula is C32H53N3O7. The quantitative estimate of drug-likeness (QED) is 0.155. The average Bonchev–Trinajstić information content (AvgIpc) is 2.80. The van der Waals surface area contributed by atoms with Gasteiger partial charge in [0.05, 0.1) is 0 Å². The van der Waals surface area contributed by atoms with Crippen LogP contribution in [0.5, 0.6) is 0 Å². The van der Waals surface area contributed by atoms with Gasteiger partial charge >= 0.3 is 23.9 Å². The van der Waals surface area contributed by atoms with Crippen LogP contribution in [-0.2, 0) is 35.1 Å². The smallest absolute Gasteiger partial charge is 0.329 e. The Balaban J connectivity index is 2.80. The second kappa shape index (κ2) is 16.5. The molecule has 1 aromatic carbocycles. The van der Waals surface area contributed by atoms with Crippen molar-refractivity contribution in [3.63, 3.8) is 0 Å². The number of hydrogen-bond donors (Lipinski definition) is 3. The Labute approximate surface area is 252 Å². The Morgan fingerprint density at radius 1 is 0.690 bits per heavy atom. The molecular weight excluding hydrogens is 538 g/mol. The Morgan fingerprint density at radius 2 is 1.17 bits per heavy atom. The van der Waals surface area contributed by atoms with Crippen LogP contribution in [0.4, 0.5) is 4.79 Å². The minimum atomic E-state index is -1.12. The molecule has 0 spiro atoms. The van der Waals surface area contributed by atoms with Crippen molar-refractivity contribution in [2.45, 2.75) is 137 Å². The van der Waals surface area contributed by atoms with E-state index in [0.29, 0.717) is 12.8 Å². The zero-order valence-corrected chi connectivity index (χ0v) is 27.3. The molecule has 3 N–H and O–H groups in total. The van der Waals surface area contributed by atoms with Gasteiger partial charge in [-0.1, -0.05) is 29.8 Å². The third kappa shape index (κ3) is 17.6. The number of amides is 2. The van der Waals surface area contributed by atoms with Crippen LogP contribution in [0.15, 0.2) is 24.3 Å². The number of unbranched alkanes of at least 4 members (excludes halogenated alkanes) is 1. The lowest BCUT2D eigenvalue weighted by atomic mass is 10.1. The van der Waals surface area contributed by atoms with E-state index in [-0.39, 0.29) is 12.8 Å². The Kier molecular flexibility index (Phi) is 14.5. The van der Waals surface area contributed by atoms with Crippen LogP contribution in [0.25, 0.3) is 0 Å². The second-order valence-corrected chi connectivity index (χ2v) is 13.6. The van der Waals surface area contributed by atoms with Crippen molar-refractivity contribution in [3.8, 4) is 0 Å². The van der Waals surface area contributed by atoms with Crippen LogP contribution in [0, 0.1) is 6.92 Å². The molecule has 2 amide bonds. The largest absolute Gasteiger partial charge is 0.460 e. The van der Waals surface area contributed by atoms with E-state index in [1.54, 1.807) is 62.3 Å². The zero-order valence-electron chi connectivity index (χ0n) is 27.3. The van der Waals surface area contributed by atoms with E-state index in [9.17, 15) is 19.2 Å². The van der Waals surface area contributed by atoms with Gasteiger partial charge in [-0.05, 0) is 107 Å². The first-order valence-electron chi connectivity index (χ1n) is 14.7. The number of benzene rings is 1. The molecule has 0 aliphatic carbocycles. The minimum Gasteiger partial charge on any atom is -0.460 e. The predicted molar refractivity (Wildman–Crippen MR) is 163 cm³/mol. The lowest BCUT2D eigenvalue weighted by molar-refractivity contribution is -0.159. The molecule has 0 aliphatic heterocycles. The lowest BCUT2D eigenvalue weighted by Gasteiger charge is -2.27. The highest BCUT2D eigenvalue weighted by Crippen LogP contribution is 2.15. The van der Waals surface area contributed by atoms with E-state index in [4.69, 9.17) is 14.2 Å². The van der Waals surface area contributed by atoms with E-state index in [1.165, 1.54) is 11.1 Å². The van der Waals surface area contributed by atoms with Gasteiger partial charge in [0.1, 0.15) is 28.9 Å². The van der Waals surface area contributed by atoms with Crippen molar-refractivity contribution in [1.82, 2.24) is 16.0 Å². The maximum atomic E-state index is 13.0. The topological polar surface area (TPSA) is 132 Å². The van der Waals surface area contributed by atoms with Gasteiger partial charge in [0.2, 0.25) is 0 Å². The number of urea groups is 1. The van der Waals surface area contributed by atoms with Crippen molar-refractivity contribution < 1.29 is 33.4 Å². The molecule has 1 aromatic rings. The van der Waals surface area contributed by atoms with Gasteiger partial charge in [-0.3, -0.25) is 4.79 Å². The number of rotatable bonds is 14. The van der Waals surface area contributed by atoms with Crippen molar-refractivity contribution in [2.75, 3.05) is 6.54 Å². The SMILES string of the molecule is Cc1ccc(CNCCCC[C@H](NC(=O)N[C@@H](CCC(=O)OC(C)(C)C)C(=O)OC(C)(C)C)C(=O)OC(C)(C)C)cc1. The van der Waals surface area contributed by atoms with Crippen molar-refractivity contribution in [2.24, 2.45) is 0 Å². The highest BCUT2D eigenvalue weighted by Gasteiger charge is 2.31. The Bertz CT molecular complexity index is 1020. The third-order valence-electron chi connectivity index (χ3n) is 5.60. The molecule has 238 valence electrons. The molecule has 0 aliphatic rings. The summed E-state index contributed by atoms with van der Waals surface area (Å²) in [7, 11) is 0. The molecule has 1 rings (SSSR count). The standard InChI is InChI=1S/C32H53N3O7/c1-22-14-16-23(17-15-22)21-33-20-12-11-13-24(27(37)41-31(5,6)7)34-29(39)35-25(28(38)42-32(8,9)10)18-19-26(36)40-30(2,3)4/h14-17,24-25,33H,11-13,18-21H2,1-10H3,(H2,34,35,39)/t24-,25-/m0/s1. The molecule has 42 heavy (non-hydrogen) atoms. The minimum absolute atomic E-state index is 0.0268. The lowest BCUT2D eigenvalue weighted by Crippen LogP contribution is -2.53. The number of carbonyl (C=O) groups is 4. The van der Waals surface area contributed by atoms with Gasteiger partial charge in [0.15, 0.2) is 0 Å². The molecule has 0 saturated carbocycles. The average molecular weight is 592 g/mol. The highest BCUT2D eigenvalue weighted by molar-refractivity contribution is 5.87. The first-order valence-corrected chi connectivity index (χ1v) is 14.7. The van der Waals surface area contributed by atoms with Gasteiger partial charge in [0.25, 0.3) is 0 Å². The number of carbonyl (C=O) groups excluding carboxylic acids is 4. The van der Waals surface area contributed by atoms with Gasteiger partial charge in [-0.2, -0.15) is 0 Å². The number of hydrogen-bond acceptors (Lipinski definition) is 8. The fraction of sp³-hybridized carbons (Fsp3) is 0.688. The van der Waals surface area contributed by atoms with E-state index in [2.05, 4.69) is 40.2 Å². The second-order valence-electron chi connectivity index (χ2n) is 13.6. The molecule has 0 unspecified atom stereocenters. The summed E-state index contributed by atoms with van der Waals surface area (Å²) in [5.74, 6) is -1.75. The zero-order chi connectivity index (χ0) is 32.1. The van der Waals surface area contributed by atoms with E-state index < -0.39 is 52.8 Å². The monoisotopic (exact) mass is 591 g/mol. The number of nitrogens with one attached hydrogen (secondary N) is 3. The van der Waals surface area contributed by atoms with Crippen LogP contribution in [0.3, 0.4) is 0 Å². The Hall–Kier alpha value is -3.14. The van der Waals surface area contributed by atoms with Crippen molar-refractivity contribution >= 4 is 23.9 Å². The normalized spacial score (nSPS) is 13.5. The summed E-state index contributed by atoms with van der Waals surface area (Å²) in [6.45, 7) is 19.2. The predicted octanol–water partition coefficient (Wildman–Crippen LogP) is 5.10. The number of ether oxygens (including phenoxy) is 3. The molecule has 0 aromatic heterocycles. The summed E-state index contributed by atoms with van der Waals surface area (Å²) in [6.07, 6.45) is 1.65. The van der Waals surface area contributed by atoms with Crippen LogP contribution >= 0.6 is 0 Å². The maximum Gasteiger partial charge on any atom is 0.329 e. The van der Waals surface area contributed by atoms with Crippen LogP contribution < -0.4 is 16.0 Å². The van der Waals surface area contributed by atoms with Crippen LogP contribution in [0.1, 0.15) is 106 Å². The van der Waals surface area contributed by atoms with Crippen LogP contribution in [0.2, 0.25) is 0 Å². The van der Waals surface area contributed by atoms with Crippen molar-refractivity contribution in [3.05, 3.63) is 35.4 Å². The number of esters is 3. The molecule has 0 fully saturated rings. The molecule has 0 heterocycles. The van der Waals surface area contributed by atoms with E-state index in [1.807, 2.05) is 6.92 Å². The fourth-order valence-electron chi connectivity index (χ4n) is 3.79. The molecule has 0 saturated heterocycles. The summed E-state index contributed by atoms with van der Waals surface area (Å²) >= 11 is 0. The van der Waals surface area contributed by atoms with Gasteiger partial charge in [-0.25, -0.2) is 14.4 Å². The molecule has 0 radical (unpaired) electrons. The summed E-state index contributed by atoms with van der Waals surface area (Å²) in [4.78, 5) is 51.1. The first-order chi connectivity index (χ1) is 19.2. The van der Waals surface area contributed by atoms with E-state index >= 15 is 0 Å². The third-order valence-corrected chi connectivity index (χ3v) is 5.60. The van der Waals surface area contributed by atoms with Crippen molar-refractivity contribution in [1.29, 1.82) is 0 Å². The Morgan fingerprint density at radius 3 is 1.64 bits per heavy atom. The summed E-state index contributed by atoms with van der Waals surface area (Å²) in [5.41, 5.74) is 0.183.